The molecule has 25 heavy (non-hydrogen) atoms. The van der Waals surface area contributed by atoms with Gasteiger partial charge >= 0.3 is 0 Å². The molecule has 2 aromatic rings. The monoisotopic (exact) mass is 373 g/mol. The third-order valence-corrected chi connectivity index (χ3v) is 3.33. The largest absolute Gasteiger partial charge is 0.493 e. The van der Waals surface area contributed by atoms with Crippen molar-refractivity contribution in [2.24, 2.45) is 0 Å². The second kappa shape index (κ2) is 7.89. The zero-order valence-electron chi connectivity index (χ0n) is 12.7. The highest BCUT2D eigenvalue weighted by molar-refractivity contribution is 6.32. The Morgan fingerprint density at radius 2 is 1.96 bits per heavy atom. The van der Waals surface area contributed by atoms with Gasteiger partial charge in [-0.05, 0) is 24.3 Å². The molecular formula is C16H11ClF3NO4. The van der Waals surface area contributed by atoms with E-state index in [0.717, 1.165) is 6.07 Å². The Kier molecular flexibility index (Phi) is 5.87. The maximum atomic E-state index is 13.5. The highest BCUT2D eigenvalue weighted by Gasteiger charge is 2.17. The third-order valence-electron chi connectivity index (χ3n) is 3.04. The van der Waals surface area contributed by atoms with Crippen LogP contribution in [0, 0.1) is 17.5 Å². The average Bonchev–Trinajstić information content (AvgIpc) is 2.60. The first-order valence-corrected chi connectivity index (χ1v) is 7.14. The topological polar surface area (TPSA) is 64.6 Å². The fourth-order valence-corrected chi connectivity index (χ4v) is 2.17. The summed E-state index contributed by atoms with van der Waals surface area (Å²) in [6, 6.07) is 4.20. The van der Waals surface area contributed by atoms with Crippen molar-refractivity contribution < 1.29 is 32.2 Å². The molecule has 0 saturated carbocycles. The molecule has 0 aliphatic rings. The second-order valence-electron chi connectivity index (χ2n) is 4.71. The molecule has 132 valence electrons. The summed E-state index contributed by atoms with van der Waals surface area (Å²) in [5.41, 5.74) is -0.302. The van der Waals surface area contributed by atoms with E-state index in [1.54, 1.807) is 0 Å². The molecule has 0 aliphatic carbocycles. The van der Waals surface area contributed by atoms with Crippen LogP contribution in [0.2, 0.25) is 5.02 Å². The number of hydrogen-bond acceptors (Lipinski definition) is 4. The van der Waals surface area contributed by atoms with Gasteiger partial charge in [0.25, 0.3) is 5.91 Å². The number of ether oxygens (including phenoxy) is 2. The number of amides is 1. The summed E-state index contributed by atoms with van der Waals surface area (Å²) in [4.78, 5) is 22.6. The number of anilines is 1. The minimum atomic E-state index is -1.70. The summed E-state index contributed by atoms with van der Waals surface area (Å²) >= 11 is 5.95. The quantitative estimate of drug-likeness (QED) is 0.620. The number of hydrogen-bond donors (Lipinski definition) is 1. The van der Waals surface area contributed by atoms with Gasteiger partial charge in [-0.3, -0.25) is 9.59 Å². The summed E-state index contributed by atoms with van der Waals surface area (Å²) in [5, 5.41) is 2.06. The van der Waals surface area contributed by atoms with E-state index >= 15 is 0 Å². The molecule has 0 heterocycles. The average molecular weight is 374 g/mol. The van der Waals surface area contributed by atoms with Gasteiger partial charge in [-0.15, -0.1) is 0 Å². The lowest BCUT2D eigenvalue weighted by molar-refractivity contribution is -0.118. The van der Waals surface area contributed by atoms with Crippen molar-refractivity contribution in [3.8, 4) is 11.5 Å². The Balaban J connectivity index is 2.11. The van der Waals surface area contributed by atoms with Gasteiger partial charge in [-0.1, -0.05) is 11.6 Å². The predicted molar refractivity (Wildman–Crippen MR) is 83.8 cm³/mol. The number of rotatable bonds is 6. The second-order valence-corrected chi connectivity index (χ2v) is 5.12. The normalized spacial score (nSPS) is 10.3. The van der Waals surface area contributed by atoms with E-state index in [1.807, 2.05) is 5.32 Å². The molecule has 0 bridgehead atoms. The molecule has 1 amide bonds. The van der Waals surface area contributed by atoms with E-state index in [-0.39, 0.29) is 22.1 Å². The van der Waals surface area contributed by atoms with Crippen LogP contribution in [-0.4, -0.2) is 25.9 Å². The van der Waals surface area contributed by atoms with E-state index in [0.29, 0.717) is 12.4 Å². The van der Waals surface area contributed by atoms with Crippen LogP contribution in [0.4, 0.5) is 18.9 Å². The van der Waals surface area contributed by atoms with Crippen LogP contribution in [-0.2, 0) is 4.79 Å². The minimum absolute atomic E-state index is 0.00400. The molecule has 0 unspecified atom stereocenters. The van der Waals surface area contributed by atoms with Crippen molar-refractivity contribution in [1.29, 1.82) is 0 Å². The summed E-state index contributed by atoms with van der Waals surface area (Å²) < 4.78 is 49.7. The summed E-state index contributed by atoms with van der Waals surface area (Å²) in [5.74, 6) is -5.34. The number of nitrogens with one attached hydrogen (secondary N) is 1. The van der Waals surface area contributed by atoms with Crippen molar-refractivity contribution in [3.63, 3.8) is 0 Å². The van der Waals surface area contributed by atoms with Crippen LogP contribution < -0.4 is 14.8 Å². The van der Waals surface area contributed by atoms with Crippen LogP contribution in [0.3, 0.4) is 0 Å². The highest BCUT2D eigenvalue weighted by Crippen LogP contribution is 2.36. The molecule has 0 radical (unpaired) electrons. The van der Waals surface area contributed by atoms with Gasteiger partial charge in [0.2, 0.25) is 0 Å². The fourth-order valence-electron chi connectivity index (χ4n) is 1.89. The van der Waals surface area contributed by atoms with E-state index in [4.69, 9.17) is 21.1 Å². The lowest BCUT2D eigenvalue weighted by Gasteiger charge is -2.13. The van der Waals surface area contributed by atoms with Crippen molar-refractivity contribution in [2.75, 3.05) is 19.0 Å². The van der Waals surface area contributed by atoms with Crippen LogP contribution in [0.1, 0.15) is 10.4 Å². The van der Waals surface area contributed by atoms with E-state index in [1.165, 1.54) is 19.2 Å². The summed E-state index contributed by atoms with van der Waals surface area (Å²) in [6.45, 7) is -0.616. The zero-order valence-corrected chi connectivity index (χ0v) is 13.5. The molecule has 0 aromatic heterocycles. The molecule has 0 fully saturated rings. The number of halogens is 4. The summed E-state index contributed by atoms with van der Waals surface area (Å²) in [6.07, 6.45) is 0.552. The molecule has 9 heteroatoms. The first-order chi connectivity index (χ1) is 11.9. The first-order valence-electron chi connectivity index (χ1n) is 6.76. The van der Waals surface area contributed by atoms with Crippen molar-refractivity contribution in [3.05, 3.63) is 52.3 Å². The number of aldehydes is 1. The molecule has 5 nitrogen and oxygen atoms in total. The first kappa shape index (κ1) is 18.6. The van der Waals surface area contributed by atoms with Gasteiger partial charge in [0.15, 0.2) is 35.6 Å². The summed E-state index contributed by atoms with van der Waals surface area (Å²) in [7, 11) is 1.31. The molecule has 2 rings (SSSR count). The molecular weight excluding hydrogens is 363 g/mol. The van der Waals surface area contributed by atoms with Gasteiger partial charge in [0, 0.05) is 5.56 Å². The maximum absolute atomic E-state index is 13.5. The van der Waals surface area contributed by atoms with Gasteiger partial charge in [0.1, 0.15) is 6.29 Å². The van der Waals surface area contributed by atoms with Gasteiger partial charge < -0.3 is 14.8 Å². The molecule has 0 aliphatic heterocycles. The van der Waals surface area contributed by atoms with Gasteiger partial charge in [-0.2, -0.15) is 0 Å². The Morgan fingerprint density at radius 1 is 1.24 bits per heavy atom. The fraction of sp³-hybridized carbons (Fsp3) is 0.125. The molecule has 0 atom stereocenters. The Hall–Kier alpha value is -2.74. The van der Waals surface area contributed by atoms with Crippen LogP contribution in [0.5, 0.6) is 11.5 Å². The molecule has 0 spiro atoms. The van der Waals surface area contributed by atoms with Gasteiger partial charge in [0.05, 0.1) is 17.8 Å². The van der Waals surface area contributed by atoms with Crippen molar-refractivity contribution >= 4 is 29.5 Å². The lowest BCUT2D eigenvalue weighted by Crippen LogP contribution is -2.21. The number of methoxy groups -OCH3 is 1. The SMILES string of the molecule is COc1cc(C=O)cc(Cl)c1OCC(=O)Nc1ccc(F)c(F)c1F. The Morgan fingerprint density at radius 3 is 2.60 bits per heavy atom. The van der Waals surface area contributed by atoms with Crippen LogP contribution in [0.15, 0.2) is 24.3 Å². The number of benzene rings is 2. The zero-order chi connectivity index (χ0) is 18.6. The van der Waals surface area contributed by atoms with E-state index < -0.39 is 35.7 Å². The number of carbonyl (C=O) groups excluding carboxylic acids is 2. The van der Waals surface area contributed by atoms with Crippen LogP contribution >= 0.6 is 11.6 Å². The molecule has 0 saturated heterocycles. The highest BCUT2D eigenvalue weighted by atomic mass is 35.5. The van der Waals surface area contributed by atoms with Crippen molar-refractivity contribution in [1.82, 2.24) is 0 Å². The van der Waals surface area contributed by atoms with Gasteiger partial charge in [-0.25, -0.2) is 13.2 Å². The number of carbonyl (C=O) groups is 2. The minimum Gasteiger partial charge on any atom is -0.493 e. The lowest BCUT2D eigenvalue weighted by atomic mass is 10.2. The Bertz CT molecular complexity index is 830. The smallest absolute Gasteiger partial charge is 0.262 e. The van der Waals surface area contributed by atoms with Crippen LogP contribution in [0.25, 0.3) is 0 Å². The van der Waals surface area contributed by atoms with E-state index in [9.17, 15) is 22.8 Å². The standard InChI is InChI=1S/C16H11ClF3NO4/c1-24-12-5-8(6-22)4-9(17)16(12)25-7-13(23)21-11-3-2-10(18)14(19)15(11)20/h2-6H,7H2,1H3,(H,21,23). The van der Waals surface area contributed by atoms with Crippen molar-refractivity contribution in [2.45, 2.75) is 0 Å². The predicted octanol–water partition coefficient (Wildman–Crippen LogP) is 3.60. The maximum Gasteiger partial charge on any atom is 0.262 e. The third kappa shape index (κ3) is 4.21. The molecule has 2 aromatic carbocycles. The molecule has 1 N–H and O–H groups in total. The van der Waals surface area contributed by atoms with E-state index in [2.05, 4.69) is 0 Å². The Labute approximate surface area is 145 Å².